The number of halogens is 3. The van der Waals surface area contributed by atoms with Crippen LogP contribution in [0.4, 0.5) is 13.2 Å². The first-order valence-corrected chi connectivity index (χ1v) is 6.88. The van der Waals surface area contributed by atoms with E-state index in [9.17, 15) is 13.2 Å². The van der Waals surface area contributed by atoms with Crippen molar-refractivity contribution in [1.82, 2.24) is 14.9 Å². The second kappa shape index (κ2) is 5.18. The number of aromatic nitrogens is 2. The molecule has 1 aromatic heterocycles. The van der Waals surface area contributed by atoms with Gasteiger partial charge in [-0.05, 0) is 37.6 Å². The van der Waals surface area contributed by atoms with Gasteiger partial charge in [-0.3, -0.25) is 0 Å². The molecule has 0 aliphatic carbocycles. The Bertz CT molecular complexity index is 640. The molecular weight excluding hydrogens is 279 g/mol. The minimum Gasteiger partial charge on any atom is -0.316 e. The van der Waals surface area contributed by atoms with E-state index in [0.717, 1.165) is 36.8 Å². The standard InChI is InChI=1S/C15H16F3N3/c1-10-2-3-12(15(16,17)18)6-13(10)21-9-20-8-14(21)11-4-5-19-7-11/h2-3,6,8-9,11,19H,4-5,7H2,1H3. The second-order valence-corrected chi connectivity index (χ2v) is 5.38. The average Bonchev–Trinajstić information content (AvgIpc) is 3.08. The van der Waals surface area contributed by atoms with Gasteiger partial charge in [0.15, 0.2) is 0 Å². The van der Waals surface area contributed by atoms with E-state index >= 15 is 0 Å². The Morgan fingerprint density at radius 2 is 2.14 bits per heavy atom. The minimum atomic E-state index is -4.34. The molecule has 0 amide bonds. The van der Waals surface area contributed by atoms with Gasteiger partial charge in [0.1, 0.15) is 0 Å². The van der Waals surface area contributed by atoms with Gasteiger partial charge < -0.3 is 9.88 Å². The Morgan fingerprint density at radius 3 is 2.81 bits per heavy atom. The van der Waals surface area contributed by atoms with Crippen LogP contribution in [0.3, 0.4) is 0 Å². The summed E-state index contributed by atoms with van der Waals surface area (Å²) in [5, 5.41) is 3.27. The van der Waals surface area contributed by atoms with Crippen LogP contribution in [0.5, 0.6) is 0 Å². The molecule has 1 fully saturated rings. The molecule has 0 saturated carbocycles. The molecule has 1 aliphatic heterocycles. The summed E-state index contributed by atoms with van der Waals surface area (Å²) in [6.45, 7) is 3.58. The molecule has 1 N–H and O–H groups in total. The summed E-state index contributed by atoms with van der Waals surface area (Å²) in [6.07, 6.45) is -0.0185. The lowest BCUT2D eigenvalue weighted by Gasteiger charge is -2.16. The fourth-order valence-electron chi connectivity index (χ4n) is 2.76. The lowest BCUT2D eigenvalue weighted by molar-refractivity contribution is -0.137. The van der Waals surface area contributed by atoms with Crippen molar-refractivity contribution >= 4 is 0 Å². The molecule has 1 saturated heterocycles. The molecule has 1 atom stereocenters. The second-order valence-electron chi connectivity index (χ2n) is 5.38. The summed E-state index contributed by atoms with van der Waals surface area (Å²) in [4.78, 5) is 4.13. The average molecular weight is 295 g/mol. The first kappa shape index (κ1) is 14.1. The first-order valence-electron chi connectivity index (χ1n) is 6.88. The van der Waals surface area contributed by atoms with Gasteiger partial charge in [-0.15, -0.1) is 0 Å². The van der Waals surface area contributed by atoms with Crippen molar-refractivity contribution in [3.8, 4) is 5.69 Å². The number of rotatable bonds is 2. The normalized spacial score (nSPS) is 19.1. The maximum atomic E-state index is 12.9. The molecule has 0 radical (unpaired) electrons. The van der Waals surface area contributed by atoms with Crippen LogP contribution < -0.4 is 5.32 Å². The molecule has 1 aliphatic rings. The molecule has 6 heteroatoms. The van der Waals surface area contributed by atoms with Crippen LogP contribution in [0.25, 0.3) is 5.69 Å². The van der Waals surface area contributed by atoms with Crippen molar-refractivity contribution in [3.05, 3.63) is 47.5 Å². The number of imidazole rings is 1. The van der Waals surface area contributed by atoms with Crippen LogP contribution in [0.15, 0.2) is 30.7 Å². The highest BCUT2D eigenvalue weighted by molar-refractivity contribution is 5.45. The van der Waals surface area contributed by atoms with Crippen LogP contribution in [0.1, 0.15) is 29.2 Å². The molecule has 1 unspecified atom stereocenters. The van der Waals surface area contributed by atoms with Crippen molar-refractivity contribution in [2.24, 2.45) is 0 Å². The third kappa shape index (κ3) is 2.68. The third-order valence-electron chi connectivity index (χ3n) is 3.94. The topological polar surface area (TPSA) is 29.9 Å². The van der Waals surface area contributed by atoms with Crippen LogP contribution in [0.2, 0.25) is 0 Å². The SMILES string of the molecule is Cc1ccc(C(F)(F)F)cc1-n1cncc1C1CCNC1. The quantitative estimate of drug-likeness (QED) is 0.921. The van der Waals surface area contributed by atoms with Gasteiger partial charge >= 0.3 is 6.18 Å². The number of hydrogen-bond donors (Lipinski definition) is 1. The molecule has 3 rings (SSSR count). The summed E-state index contributed by atoms with van der Waals surface area (Å²) in [6, 6.07) is 3.82. The van der Waals surface area contributed by atoms with E-state index in [-0.39, 0.29) is 0 Å². The molecule has 3 nitrogen and oxygen atoms in total. The highest BCUT2D eigenvalue weighted by Crippen LogP contribution is 2.33. The van der Waals surface area contributed by atoms with E-state index in [4.69, 9.17) is 0 Å². The van der Waals surface area contributed by atoms with Gasteiger partial charge in [0, 0.05) is 24.4 Å². The predicted molar refractivity (Wildman–Crippen MR) is 73.5 cm³/mol. The summed E-state index contributed by atoms with van der Waals surface area (Å²) >= 11 is 0. The summed E-state index contributed by atoms with van der Waals surface area (Å²) in [5.41, 5.74) is 1.67. The lowest BCUT2D eigenvalue weighted by Crippen LogP contribution is -2.12. The first-order chi connectivity index (χ1) is 9.97. The fraction of sp³-hybridized carbons (Fsp3) is 0.400. The van der Waals surface area contributed by atoms with Gasteiger partial charge in [0.2, 0.25) is 0 Å². The van der Waals surface area contributed by atoms with Gasteiger partial charge in [-0.2, -0.15) is 13.2 Å². The maximum absolute atomic E-state index is 12.9. The third-order valence-corrected chi connectivity index (χ3v) is 3.94. The van der Waals surface area contributed by atoms with E-state index in [0.29, 0.717) is 11.6 Å². The van der Waals surface area contributed by atoms with Gasteiger partial charge in [0.25, 0.3) is 0 Å². The summed E-state index contributed by atoms with van der Waals surface area (Å²) in [5.74, 6) is 0.293. The maximum Gasteiger partial charge on any atom is 0.416 e. The zero-order valence-electron chi connectivity index (χ0n) is 11.6. The monoisotopic (exact) mass is 295 g/mol. The fourth-order valence-corrected chi connectivity index (χ4v) is 2.76. The summed E-state index contributed by atoms with van der Waals surface area (Å²) in [7, 11) is 0. The van der Waals surface area contributed by atoms with Crippen molar-refractivity contribution < 1.29 is 13.2 Å². The Morgan fingerprint density at radius 1 is 1.33 bits per heavy atom. The van der Waals surface area contributed by atoms with Crippen LogP contribution in [0, 0.1) is 6.92 Å². The van der Waals surface area contributed by atoms with Crippen molar-refractivity contribution in [2.45, 2.75) is 25.4 Å². The molecule has 112 valence electrons. The van der Waals surface area contributed by atoms with Gasteiger partial charge in [0.05, 0.1) is 17.6 Å². The van der Waals surface area contributed by atoms with E-state index in [2.05, 4.69) is 10.3 Å². The number of benzene rings is 1. The zero-order valence-corrected chi connectivity index (χ0v) is 11.6. The van der Waals surface area contributed by atoms with Crippen molar-refractivity contribution in [1.29, 1.82) is 0 Å². The smallest absolute Gasteiger partial charge is 0.316 e. The molecule has 21 heavy (non-hydrogen) atoms. The Hall–Kier alpha value is -1.82. The number of nitrogens with zero attached hydrogens (tertiary/aromatic N) is 2. The number of alkyl halides is 3. The predicted octanol–water partition coefficient (Wildman–Crippen LogP) is 3.28. The van der Waals surface area contributed by atoms with Crippen LogP contribution >= 0.6 is 0 Å². The summed E-state index contributed by atoms with van der Waals surface area (Å²) < 4.78 is 40.5. The molecule has 1 aromatic carbocycles. The van der Waals surface area contributed by atoms with E-state index < -0.39 is 11.7 Å². The Kier molecular flexibility index (Phi) is 3.49. The molecule has 2 aromatic rings. The van der Waals surface area contributed by atoms with Gasteiger partial charge in [-0.1, -0.05) is 6.07 Å². The van der Waals surface area contributed by atoms with E-state index in [1.54, 1.807) is 17.1 Å². The highest BCUT2D eigenvalue weighted by Gasteiger charge is 2.31. The van der Waals surface area contributed by atoms with E-state index in [1.165, 1.54) is 12.1 Å². The van der Waals surface area contributed by atoms with Gasteiger partial charge in [-0.25, -0.2) is 4.98 Å². The Balaban J connectivity index is 2.06. The van der Waals surface area contributed by atoms with Crippen LogP contribution in [-0.2, 0) is 6.18 Å². The largest absolute Gasteiger partial charge is 0.416 e. The molecule has 0 spiro atoms. The lowest BCUT2D eigenvalue weighted by atomic mass is 10.0. The Labute approximate surface area is 120 Å². The van der Waals surface area contributed by atoms with Crippen LogP contribution in [-0.4, -0.2) is 22.6 Å². The molecule has 2 heterocycles. The van der Waals surface area contributed by atoms with E-state index in [1.807, 2.05) is 6.92 Å². The highest BCUT2D eigenvalue weighted by atomic mass is 19.4. The van der Waals surface area contributed by atoms with Crippen molar-refractivity contribution in [2.75, 3.05) is 13.1 Å². The zero-order chi connectivity index (χ0) is 15.0. The molecular formula is C15H16F3N3. The number of aryl methyl sites for hydroxylation is 1. The van der Waals surface area contributed by atoms with Crippen molar-refractivity contribution in [3.63, 3.8) is 0 Å². The number of nitrogens with one attached hydrogen (secondary N) is 1. The molecule has 0 bridgehead atoms. The minimum absolute atomic E-state index is 0.293. The number of hydrogen-bond acceptors (Lipinski definition) is 2.